The zero-order valence-corrected chi connectivity index (χ0v) is 11.5. The highest BCUT2D eigenvalue weighted by atomic mass is 19.4. The van der Waals surface area contributed by atoms with Crippen molar-refractivity contribution in [2.45, 2.75) is 32.1 Å². The molecule has 1 aromatic carbocycles. The third kappa shape index (κ3) is 4.58. The Hall–Kier alpha value is -1.85. The highest BCUT2D eigenvalue weighted by Crippen LogP contribution is 2.37. The van der Waals surface area contributed by atoms with Crippen LogP contribution in [0.5, 0.6) is 0 Å². The molecule has 0 aromatic heterocycles. The van der Waals surface area contributed by atoms with Crippen LogP contribution in [-0.4, -0.2) is 12.6 Å². The summed E-state index contributed by atoms with van der Waals surface area (Å²) in [6, 6.07) is 4.17. The van der Waals surface area contributed by atoms with Gasteiger partial charge in [-0.1, -0.05) is 38.1 Å². The van der Waals surface area contributed by atoms with Gasteiger partial charge in [-0.05, 0) is 12.5 Å². The maximum atomic E-state index is 14.2. The van der Waals surface area contributed by atoms with Crippen LogP contribution in [-0.2, 0) is 15.7 Å². The molecule has 0 saturated heterocycles. The second-order valence-electron chi connectivity index (χ2n) is 4.46. The smallest absolute Gasteiger partial charge is 0.416 e. The second-order valence-corrected chi connectivity index (χ2v) is 4.46. The van der Waals surface area contributed by atoms with Gasteiger partial charge in [0.25, 0.3) is 0 Å². The van der Waals surface area contributed by atoms with Gasteiger partial charge in [-0.15, -0.1) is 0 Å². The van der Waals surface area contributed by atoms with Gasteiger partial charge in [0, 0.05) is 5.56 Å². The number of esters is 1. The van der Waals surface area contributed by atoms with Crippen molar-refractivity contribution in [1.29, 1.82) is 0 Å². The minimum absolute atomic E-state index is 0.0853. The molecule has 0 heterocycles. The van der Waals surface area contributed by atoms with Gasteiger partial charge < -0.3 is 4.74 Å². The first-order chi connectivity index (χ1) is 9.79. The number of hydrogen-bond donors (Lipinski definition) is 0. The lowest BCUT2D eigenvalue weighted by Crippen LogP contribution is -2.16. The molecule has 1 atom stereocenters. The summed E-state index contributed by atoms with van der Waals surface area (Å²) < 4.78 is 57.4. The highest BCUT2D eigenvalue weighted by molar-refractivity contribution is 5.89. The van der Waals surface area contributed by atoms with Crippen LogP contribution in [0.25, 0.3) is 0 Å². The van der Waals surface area contributed by atoms with Gasteiger partial charge in [-0.3, -0.25) is 0 Å². The molecule has 1 aromatic rings. The molecule has 0 aliphatic rings. The Morgan fingerprint density at radius 3 is 2.52 bits per heavy atom. The van der Waals surface area contributed by atoms with E-state index in [9.17, 15) is 22.4 Å². The fourth-order valence-electron chi connectivity index (χ4n) is 1.67. The Balaban J connectivity index is 2.91. The number of alkyl halides is 4. The van der Waals surface area contributed by atoms with Crippen LogP contribution >= 0.6 is 0 Å². The number of rotatable bonds is 6. The molecule has 6 heteroatoms. The van der Waals surface area contributed by atoms with Gasteiger partial charge in [-0.2, -0.15) is 13.2 Å². The summed E-state index contributed by atoms with van der Waals surface area (Å²) in [6.45, 7) is 5.18. The first-order valence-electron chi connectivity index (χ1n) is 6.45. The first kappa shape index (κ1) is 17.2. The van der Waals surface area contributed by atoms with Gasteiger partial charge in [0.05, 0.1) is 17.7 Å². The first-order valence-corrected chi connectivity index (χ1v) is 6.45. The topological polar surface area (TPSA) is 26.3 Å². The van der Waals surface area contributed by atoms with Crippen molar-refractivity contribution in [2.75, 3.05) is 6.61 Å². The minimum atomic E-state index is -4.70. The molecule has 1 rings (SSSR count). The van der Waals surface area contributed by atoms with Gasteiger partial charge in [0.15, 0.2) is 6.17 Å². The van der Waals surface area contributed by atoms with Gasteiger partial charge in [0.2, 0.25) is 0 Å². The molecular formula is C15H16F4O2. The molecule has 0 bridgehead atoms. The van der Waals surface area contributed by atoms with Crippen LogP contribution in [0.4, 0.5) is 17.6 Å². The molecule has 0 radical (unpaired) electrons. The van der Waals surface area contributed by atoms with E-state index in [1.807, 2.05) is 6.92 Å². The fourth-order valence-corrected chi connectivity index (χ4v) is 1.67. The van der Waals surface area contributed by atoms with Crippen molar-refractivity contribution in [3.8, 4) is 0 Å². The van der Waals surface area contributed by atoms with Crippen molar-refractivity contribution in [1.82, 2.24) is 0 Å². The van der Waals surface area contributed by atoms with Crippen LogP contribution in [0.1, 0.15) is 37.1 Å². The maximum absolute atomic E-state index is 14.2. The molecule has 0 amide bonds. The van der Waals surface area contributed by atoms with Crippen molar-refractivity contribution in [3.63, 3.8) is 0 Å². The Kier molecular flexibility index (Phi) is 5.93. The summed E-state index contributed by atoms with van der Waals surface area (Å²) in [5.41, 5.74) is -2.40. The maximum Gasteiger partial charge on any atom is 0.416 e. The summed E-state index contributed by atoms with van der Waals surface area (Å²) in [5.74, 6) is -1.02. The zero-order chi connectivity index (χ0) is 16.0. The van der Waals surface area contributed by atoms with Crippen LogP contribution in [0.3, 0.4) is 0 Å². The quantitative estimate of drug-likeness (QED) is 0.332. The number of ether oxygens (including phenoxy) is 1. The number of carbonyl (C=O) groups excluding carboxylic acids is 1. The summed E-state index contributed by atoms with van der Waals surface area (Å²) in [7, 11) is 0. The highest BCUT2D eigenvalue weighted by Gasteiger charge is 2.36. The van der Waals surface area contributed by atoms with E-state index in [-0.39, 0.29) is 6.61 Å². The predicted octanol–water partition coefficient (Wildman–Crippen LogP) is 4.62. The number of hydrogen-bond acceptors (Lipinski definition) is 2. The molecule has 1 unspecified atom stereocenters. The van der Waals surface area contributed by atoms with Crippen LogP contribution in [0, 0.1) is 0 Å². The molecular weight excluding hydrogens is 288 g/mol. The van der Waals surface area contributed by atoms with E-state index in [2.05, 4.69) is 6.58 Å². The SMILES string of the molecule is C=C(C(=O)OCCCC)C(F)c1ccccc1C(F)(F)F. The Bertz CT molecular complexity index is 509. The molecule has 0 spiro atoms. The van der Waals surface area contributed by atoms with Crippen molar-refractivity contribution >= 4 is 5.97 Å². The van der Waals surface area contributed by atoms with E-state index in [0.717, 1.165) is 24.6 Å². The van der Waals surface area contributed by atoms with Crippen LogP contribution < -0.4 is 0 Å². The fraction of sp³-hybridized carbons (Fsp3) is 0.400. The monoisotopic (exact) mass is 304 g/mol. The number of halogens is 4. The zero-order valence-electron chi connectivity index (χ0n) is 11.5. The van der Waals surface area contributed by atoms with Crippen molar-refractivity contribution in [3.05, 3.63) is 47.5 Å². The molecule has 21 heavy (non-hydrogen) atoms. The van der Waals surface area contributed by atoms with Gasteiger partial charge >= 0.3 is 12.1 Å². The van der Waals surface area contributed by atoms with E-state index in [0.29, 0.717) is 6.42 Å². The summed E-state index contributed by atoms with van der Waals surface area (Å²) in [4.78, 5) is 11.6. The summed E-state index contributed by atoms with van der Waals surface area (Å²) in [5, 5.41) is 0. The van der Waals surface area contributed by atoms with E-state index < -0.39 is 35.0 Å². The lowest BCUT2D eigenvalue weighted by Gasteiger charge is -2.17. The van der Waals surface area contributed by atoms with E-state index >= 15 is 0 Å². The lowest BCUT2D eigenvalue weighted by molar-refractivity contribution is -0.141. The van der Waals surface area contributed by atoms with Crippen molar-refractivity contribution < 1.29 is 27.1 Å². The van der Waals surface area contributed by atoms with Gasteiger partial charge in [0.1, 0.15) is 0 Å². The largest absolute Gasteiger partial charge is 0.462 e. The standard InChI is InChI=1S/C15H16F4O2/c1-3-4-9-21-14(20)10(2)13(16)11-7-5-6-8-12(11)15(17,18)19/h5-8,13H,2-4,9H2,1H3. The number of benzene rings is 1. The average molecular weight is 304 g/mol. The molecule has 116 valence electrons. The molecule has 0 saturated carbocycles. The molecule has 0 fully saturated rings. The average Bonchev–Trinajstić information content (AvgIpc) is 2.45. The minimum Gasteiger partial charge on any atom is -0.462 e. The van der Waals surface area contributed by atoms with Crippen LogP contribution in [0.2, 0.25) is 0 Å². The number of unbranched alkanes of at least 4 members (excludes halogenated alkanes) is 1. The Morgan fingerprint density at radius 1 is 1.33 bits per heavy atom. The normalized spacial score (nSPS) is 12.8. The Labute approximate surface area is 120 Å². The molecule has 2 nitrogen and oxygen atoms in total. The number of carbonyl (C=O) groups is 1. The molecule has 0 aliphatic carbocycles. The van der Waals surface area contributed by atoms with E-state index in [4.69, 9.17) is 4.74 Å². The third-order valence-corrected chi connectivity index (χ3v) is 2.84. The molecule has 0 N–H and O–H groups in total. The van der Waals surface area contributed by atoms with E-state index in [1.54, 1.807) is 0 Å². The summed E-state index contributed by atoms with van der Waals surface area (Å²) >= 11 is 0. The predicted molar refractivity (Wildman–Crippen MR) is 70.3 cm³/mol. The lowest BCUT2D eigenvalue weighted by atomic mass is 9.98. The van der Waals surface area contributed by atoms with Crippen LogP contribution in [0.15, 0.2) is 36.4 Å². The van der Waals surface area contributed by atoms with Crippen molar-refractivity contribution in [2.24, 2.45) is 0 Å². The molecule has 0 aliphatic heterocycles. The Morgan fingerprint density at radius 2 is 1.95 bits per heavy atom. The second kappa shape index (κ2) is 7.24. The van der Waals surface area contributed by atoms with Gasteiger partial charge in [-0.25, -0.2) is 9.18 Å². The summed E-state index contributed by atoms with van der Waals surface area (Å²) in [6.07, 6.45) is -5.59. The third-order valence-electron chi connectivity index (χ3n) is 2.84. The van der Waals surface area contributed by atoms with E-state index in [1.165, 1.54) is 6.07 Å².